The van der Waals surface area contributed by atoms with Crippen LogP contribution in [0.2, 0.25) is 0 Å². The van der Waals surface area contributed by atoms with Crippen molar-refractivity contribution < 1.29 is 14.2 Å². The van der Waals surface area contributed by atoms with Crippen molar-refractivity contribution in [2.45, 2.75) is 20.0 Å². The Kier molecular flexibility index (Phi) is 4.45. The minimum atomic E-state index is -0.876. The van der Waals surface area contributed by atoms with Gasteiger partial charge in [0.15, 0.2) is 0 Å². The standard InChI is InChI=1S/C16H16BrFO2/c1-9-4-6-13(16(20-3)10(9)2)15(19)12-7-5-11(18)8-14(12)17/h4-8,15,19H,1-3H3. The van der Waals surface area contributed by atoms with Gasteiger partial charge in [-0.15, -0.1) is 0 Å². The number of aliphatic hydroxyl groups excluding tert-OH is 1. The van der Waals surface area contributed by atoms with Gasteiger partial charge in [-0.25, -0.2) is 4.39 Å². The van der Waals surface area contributed by atoms with Crippen LogP contribution in [0.4, 0.5) is 4.39 Å². The highest BCUT2D eigenvalue weighted by Gasteiger charge is 2.20. The molecular weight excluding hydrogens is 323 g/mol. The Labute approximate surface area is 126 Å². The molecule has 106 valence electrons. The highest BCUT2D eigenvalue weighted by Crippen LogP contribution is 2.36. The predicted octanol–water partition coefficient (Wildman–Crippen LogP) is 4.30. The topological polar surface area (TPSA) is 29.5 Å². The molecular formula is C16H16BrFO2. The van der Waals surface area contributed by atoms with Crippen LogP contribution in [0.3, 0.4) is 0 Å². The first-order valence-corrected chi connectivity index (χ1v) is 7.02. The Morgan fingerprint density at radius 3 is 2.40 bits per heavy atom. The summed E-state index contributed by atoms with van der Waals surface area (Å²) in [5.41, 5.74) is 3.36. The number of rotatable bonds is 3. The van der Waals surface area contributed by atoms with Crippen LogP contribution in [0.25, 0.3) is 0 Å². The molecule has 0 aliphatic rings. The van der Waals surface area contributed by atoms with Crippen molar-refractivity contribution in [1.82, 2.24) is 0 Å². The summed E-state index contributed by atoms with van der Waals surface area (Å²) >= 11 is 3.28. The summed E-state index contributed by atoms with van der Waals surface area (Å²) in [5.74, 6) is 0.314. The molecule has 2 aromatic rings. The summed E-state index contributed by atoms with van der Waals surface area (Å²) in [4.78, 5) is 0. The van der Waals surface area contributed by atoms with Crippen LogP contribution in [0.5, 0.6) is 5.75 Å². The van der Waals surface area contributed by atoms with Gasteiger partial charge in [-0.2, -0.15) is 0 Å². The third-order valence-electron chi connectivity index (χ3n) is 3.46. The SMILES string of the molecule is COc1c(C(O)c2ccc(F)cc2Br)ccc(C)c1C. The lowest BCUT2D eigenvalue weighted by atomic mass is 9.96. The average molecular weight is 339 g/mol. The molecule has 0 aromatic heterocycles. The molecule has 1 atom stereocenters. The second kappa shape index (κ2) is 5.94. The Balaban J connectivity index is 2.53. The number of methoxy groups -OCH3 is 1. The number of hydrogen-bond donors (Lipinski definition) is 1. The van der Waals surface area contributed by atoms with Gasteiger partial charge >= 0.3 is 0 Å². The molecule has 4 heteroatoms. The van der Waals surface area contributed by atoms with Crippen LogP contribution >= 0.6 is 15.9 Å². The minimum Gasteiger partial charge on any atom is -0.496 e. The van der Waals surface area contributed by atoms with Gasteiger partial charge in [0.25, 0.3) is 0 Å². The third-order valence-corrected chi connectivity index (χ3v) is 4.15. The van der Waals surface area contributed by atoms with Gasteiger partial charge in [-0.3, -0.25) is 0 Å². The summed E-state index contributed by atoms with van der Waals surface area (Å²) in [6.45, 7) is 3.94. The largest absolute Gasteiger partial charge is 0.496 e. The van der Waals surface area contributed by atoms with Crippen molar-refractivity contribution in [3.05, 3.63) is 62.9 Å². The third kappa shape index (κ3) is 2.72. The van der Waals surface area contributed by atoms with Gasteiger partial charge in [0.1, 0.15) is 17.7 Å². The number of ether oxygens (including phenoxy) is 1. The Morgan fingerprint density at radius 2 is 1.80 bits per heavy atom. The van der Waals surface area contributed by atoms with Crippen LogP contribution in [0.1, 0.15) is 28.4 Å². The van der Waals surface area contributed by atoms with Gasteiger partial charge in [-0.1, -0.05) is 34.1 Å². The summed E-state index contributed by atoms with van der Waals surface area (Å²) in [7, 11) is 1.58. The van der Waals surface area contributed by atoms with E-state index in [4.69, 9.17) is 4.74 Å². The molecule has 1 N–H and O–H groups in total. The van der Waals surface area contributed by atoms with Gasteiger partial charge < -0.3 is 9.84 Å². The quantitative estimate of drug-likeness (QED) is 0.904. The van der Waals surface area contributed by atoms with Crippen LogP contribution in [0.15, 0.2) is 34.8 Å². The molecule has 0 saturated heterocycles. The molecule has 1 unspecified atom stereocenters. The van der Waals surface area contributed by atoms with Crippen LogP contribution in [0, 0.1) is 19.7 Å². The van der Waals surface area contributed by atoms with E-state index in [1.165, 1.54) is 12.1 Å². The maximum atomic E-state index is 13.1. The second-order valence-corrected chi connectivity index (χ2v) is 5.55. The number of benzene rings is 2. The van der Waals surface area contributed by atoms with Gasteiger partial charge in [0, 0.05) is 10.0 Å². The molecule has 0 spiro atoms. The molecule has 20 heavy (non-hydrogen) atoms. The fourth-order valence-corrected chi connectivity index (χ4v) is 2.76. The highest BCUT2D eigenvalue weighted by atomic mass is 79.9. The van der Waals surface area contributed by atoms with Crippen LogP contribution in [-0.4, -0.2) is 12.2 Å². The molecule has 0 saturated carbocycles. The average Bonchev–Trinajstić information content (AvgIpc) is 2.41. The zero-order valence-electron chi connectivity index (χ0n) is 11.6. The summed E-state index contributed by atoms with van der Waals surface area (Å²) in [6, 6.07) is 8.01. The van der Waals surface area contributed by atoms with Crippen LogP contribution < -0.4 is 4.74 Å². The zero-order valence-corrected chi connectivity index (χ0v) is 13.2. The maximum absolute atomic E-state index is 13.1. The van der Waals surface area contributed by atoms with E-state index in [2.05, 4.69) is 15.9 Å². The lowest BCUT2D eigenvalue weighted by Gasteiger charge is -2.19. The van der Waals surface area contributed by atoms with Crippen LogP contribution in [-0.2, 0) is 0 Å². The van der Waals surface area contributed by atoms with E-state index in [9.17, 15) is 9.50 Å². The maximum Gasteiger partial charge on any atom is 0.128 e. The summed E-state index contributed by atoms with van der Waals surface area (Å²) in [6.07, 6.45) is -0.876. The number of halogens is 2. The summed E-state index contributed by atoms with van der Waals surface area (Å²) in [5, 5.41) is 10.6. The van der Waals surface area contributed by atoms with Crippen molar-refractivity contribution >= 4 is 15.9 Å². The Morgan fingerprint density at radius 1 is 1.15 bits per heavy atom. The lowest BCUT2D eigenvalue weighted by molar-refractivity contribution is 0.213. The van der Waals surface area contributed by atoms with E-state index < -0.39 is 6.10 Å². The highest BCUT2D eigenvalue weighted by molar-refractivity contribution is 9.10. The van der Waals surface area contributed by atoms with Crippen molar-refractivity contribution in [2.24, 2.45) is 0 Å². The predicted molar refractivity (Wildman–Crippen MR) is 80.6 cm³/mol. The van der Waals surface area contributed by atoms with Gasteiger partial charge in [0.2, 0.25) is 0 Å². The van der Waals surface area contributed by atoms with Crippen molar-refractivity contribution in [2.75, 3.05) is 7.11 Å². The molecule has 2 aromatic carbocycles. The molecule has 0 fully saturated rings. The van der Waals surface area contributed by atoms with E-state index in [-0.39, 0.29) is 5.82 Å². The number of hydrogen-bond acceptors (Lipinski definition) is 2. The van der Waals surface area contributed by atoms with E-state index >= 15 is 0 Å². The first-order valence-electron chi connectivity index (χ1n) is 6.22. The van der Waals surface area contributed by atoms with E-state index in [1.807, 2.05) is 26.0 Å². The zero-order chi connectivity index (χ0) is 14.9. The molecule has 2 rings (SSSR count). The fourth-order valence-electron chi connectivity index (χ4n) is 2.19. The van der Waals surface area contributed by atoms with E-state index in [1.54, 1.807) is 13.2 Å². The van der Waals surface area contributed by atoms with Gasteiger partial charge in [-0.05, 0) is 42.7 Å². The lowest BCUT2D eigenvalue weighted by Crippen LogP contribution is -2.05. The second-order valence-electron chi connectivity index (χ2n) is 4.70. The summed E-state index contributed by atoms with van der Waals surface area (Å²) < 4.78 is 19.1. The van der Waals surface area contributed by atoms with Gasteiger partial charge in [0.05, 0.1) is 7.11 Å². The Hall–Kier alpha value is -1.39. The monoisotopic (exact) mass is 338 g/mol. The first-order chi connectivity index (χ1) is 9.45. The minimum absolute atomic E-state index is 0.347. The van der Waals surface area contributed by atoms with Crippen molar-refractivity contribution in [3.63, 3.8) is 0 Å². The van der Waals surface area contributed by atoms with E-state index in [0.29, 0.717) is 21.3 Å². The van der Waals surface area contributed by atoms with E-state index in [0.717, 1.165) is 11.1 Å². The van der Waals surface area contributed by atoms with Crippen molar-refractivity contribution in [3.8, 4) is 5.75 Å². The number of aryl methyl sites for hydroxylation is 1. The fraction of sp³-hybridized carbons (Fsp3) is 0.250. The van der Waals surface area contributed by atoms with Crippen molar-refractivity contribution in [1.29, 1.82) is 0 Å². The molecule has 0 bridgehead atoms. The molecule has 2 nitrogen and oxygen atoms in total. The normalized spacial score (nSPS) is 12.3. The molecule has 0 radical (unpaired) electrons. The smallest absolute Gasteiger partial charge is 0.128 e. The molecule has 0 amide bonds. The Bertz CT molecular complexity index is 641. The molecule has 0 heterocycles. The molecule has 0 aliphatic carbocycles. The molecule has 0 aliphatic heterocycles. The number of aliphatic hydroxyl groups is 1. The first kappa shape index (κ1) is 15.0.